The molecule has 0 unspecified atom stereocenters. The molecule has 1 saturated heterocycles. The Morgan fingerprint density at radius 2 is 1.75 bits per heavy atom. The molecule has 0 atom stereocenters. The van der Waals surface area contributed by atoms with E-state index in [-0.39, 0.29) is 18.0 Å². The molecule has 0 spiro atoms. The predicted octanol–water partition coefficient (Wildman–Crippen LogP) is 3.79. The third kappa shape index (κ3) is 5.83. The third-order valence-electron chi connectivity index (χ3n) is 6.22. The van der Waals surface area contributed by atoms with Crippen molar-refractivity contribution in [1.29, 1.82) is 0 Å². The van der Waals surface area contributed by atoms with Gasteiger partial charge < -0.3 is 19.9 Å². The monoisotopic (exact) mass is 555 g/mol. The summed E-state index contributed by atoms with van der Waals surface area (Å²) in [5.41, 5.74) is -5.45. The number of carbonyl (C=O) groups excluding carboxylic acids is 3. The third-order valence-corrected chi connectivity index (χ3v) is 6.22. The van der Waals surface area contributed by atoms with Crippen LogP contribution in [0.4, 0.5) is 11.4 Å². The Kier molecular flexibility index (Phi) is 3.97. The number of ether oxygens (including phenoxy) is 1. The second-order valence-electron chi connectivity index (χ2n) is 8.85. The molecule has 0 bridgehead atoms. The maximum atomic E-state index is 13.9. The second kappa shape index (κ2) is 11.9. The first-order chi connectivity index (χ1) is 26.3. The zero-order chi connectivity index (χ0) is 43.0. The minimum atomic E-state index is -3.55. The summed E-state index contributed by atoms with van der Waals surface area (Å²) in [7, 11) is 2.72. The Morgan fingerprint density at radius 1 is 1.02 bits per heavy atom. The fourth-order valence-corrected chi connectivity index (χ4v) is 4.09. The summed E-state index contributed by atoms with van der Waals surface area (Å²) in [6, 6.07) is -11.3. The van der Waals surface area contributed by atoms with Crippen molar-refractivity contribution in [2.24, 2.45) is 0 Å². The molecule has 1 N–H and O–H groups in total. The van der Waals surface area contributed by atoms with Gasteiger partial charge in [-0.2, -0.15) is 0 Å². The van der Waals surface area contributed by atoms with E-state index >= 15 is 0 Å². The number of piperazine rings is 1. The highest BCUT2D eigenvalue weighted by molar-refractivity contribution is 6.37. The minimum absolute atomic E-state index is 0.0106. The summed E-state index contributed by atoms with van der Waals surface area (Å²) in [4.78, 5) is 43.0. The molecule has 0 radical (unpaired) electrons. The molecule has 2 amide bonds. The number of allylic oxidation sites excluding steroid dienone is 1. The van der Waals surface area contributed by atoms with Crippen LogP contribution in [0.5, 0.6) is 0 Å². The molecule has 2 heterocycles. The summed E-state index contributed by atoms with van der Waals surface area (Å²) in [5, 5.41) is 2.30. The number of rotatable bonds is 7. The fraction of sp³-hybridized carbons (Fsp3) is 0.281. The lowest BCUT2D eigenvalue weighted by atomic mass is 9.90. The van der Waals surface area contributed by atoms with Crippen LogP contribution in [0.2, 0.25) is 0 Å². The average molecular weight is 556 g/mol. The van der Waals surface area contributed by atoms with Crippen molar-refractivity contribution in [1.82, 2.24) is 9.80 Å². The number of methoxy groups -OCH3 is 1. The van der Waals surface area contributed by atoms with E-state index in [1.165, 1.54) is 0 Å². The van der Waals surface area contributed by atoms with Crippen LogP contribution in [0.25, 0.3) is 11.1 Å². The Hall–Kier alpha value is -4.27. The van der Waals surface area contributed by atoms with Crippen LogP contribution in [0.1, 0.15) is 50.4 Å². The van der Waals surface area contributed by atoms with Crippen molar-refractivity contribution in [3.05, 3.63) is 94.8 Å². The number of nitrogens with zero attached hydrogens (tertiary/aromatic N) is 3. The zero-order valence-corrected chi connectivity index (χ0v) is 21.5. The molecule has 5 rings (SSSR count). The van der Waals surface area contributed by atoms with Gasteiger partial charge in [0.25, 0.3) is 5.91 Å². The molecule has 2 aliphatic heterocycles. The lowest BCUT2D eigenvalue weighted by molar-refractivity contribution is -0.119. The fourth-order valence-electron chi connectivity index (χ4n) is 4.09. The Labute approximate surface area is 258 Å². The predicted molar refractivity (Wildman–Crippen MR) is 157 cm³/mol. The number of fused-ring (bicyclic) bond motifs is 1. The van der Waals surface area contributed by atoms with E-state index < -0.39 is 155 Å². The van der Waals surface area contributed by atoms with Gasteiger partial charge in [0.05, 0.1) is 43.9 Å². The number of nitrogens with one attached hydrogen (secondary N) is 1. The molecule has 40 heavy (non-hydrogen) atoms. The molecule has 0 aromatic heterocycles. The zero-order valence-electron chi connectivity index (χ0n) is 38.5. The average Bonchev–Trinajstić information content (AvgIpc) is 3.50. The number of hydrogen-bond donors (Lipinski definition) is 1. The Balaban J connectivity index is 1.82. The highest BCUT2D eigenvalue weighted by Crippen LogP contribution is 2.39. The molecule has 3 aromatic carbocycles. The maximum absolute atomic E-state index is 13.9. The largest absolute Gasteiger partial charge is 0.465 e. The normalized spacial score (nSPS) is 23.4. The van der Waals surface area contributed by atoms with Gasteiger partial charge >= 0.3 is 5.97 Å². The first kappa shape index (κ1) is 13.4. The molecule has 3 aromatic rings. The Morgan fingerprint density at radius 3 is 2.42 bits per heavy atom. The van der Waals surface area contributed by atoms with Crippen molar-refractivity contribution < 1.29 is 42.4 Å². The number of anilines is 2. The first-order valence-corrected chi connectivity index (χ1v) is 12.0. The lowest BCUT2D eigenvalue weighted by Crippen LogP contribution is -2.48. The quantitative estimate of drug-likeness (QED) is 0.353. The summed E-state index contributed by atoms with van der Waals surface area (Å²) < 4.78 is 150. The van der Waals surface area contributed by atoms with Gasteiger partial charge in [-0.3, -0.25) is 14.5 Å². The first-order valence-electron chi connectivity index (χ1n) is 20.5. The van der Waals surface area contributed by atoms with E-state index in [4.69, 9.17) is 23.3 Å². The van der Waals surface area contributed by atoms with E-state index in [9.17, 15) is 14.4 Å². The van der Waals surface area contributed by atoms with Gasteiger partial charge in [0, 0.05) is 54.2 Å². The smallest absolute Gasteiger partial charge is 0.337 e. The number of carbonyl (C=O) groups is 3. The van der Waals surface area contributed by atoms with Crippen LogP contribution in [-0.2, 0) is 20.7 Å². The molecule has 1 fully saturated rings. The van der Waals surface area contributed by atoms with E-state index in [1.54, 1.807) is 7.05 Å². The SMILES string of the molecule is [2H]c1c([2H])c([2H])c(/C(Cc2c([2H])c([2H])c(N(C(=O)C([2H])([2H])N3CCN(C)CC3)C([2H])([2H])[2H])c([2H])c2[2H])=C2/C(=O)Nc3c([2H])c(C(=O)OC)c([2H])c([2H])c32)c([2H])c1[2H]. The van der Waals surface area contributed by atoms with E-state index in [1.807, 2.05) is 4.90 Å². The molecule has 0 aliphatic carbocycles. The van der Waals surface area contributed by atoms with Gasteiger partial charge in [-0.15, -0.1) is 0 Å². The van der Waals surface area contributed by atoms with Crippen molar-refractivity contribution in [3.63, 3.8) is 0 Å². The second-order valence-corrected chi connectivity index (χ2v) is 8.85. The van der Waals surface area contributed by atoms with E-state index in [0.717, 1.165) is 12.0 Å². The van der Waals surface area contributed by atoms with Crippen LogP contribution in [0.15, 0.2) is 72.5 Å². The van der Waals surface area contributed by atoms with Crippen molar-refractivity contribution in [3.8, 4) is 0 Å². The molecular formula is C32H34N4O4. The standard InChI is InChI=1S/C32H34N4O4/c1-34-15-17-36(18-16-34)21-29(37)35(2)25-12-9-22(10-13-25)19-27(23-7-5-4-6-8-23)30-26-14-11-24(32(39)40-3)20-28(26)33-31(30)38/h4-14,20H,15-19,21H2,1-3H3,(H,33,38)/b30-27+/i2D3,4D,5D,6D,7D,8D,9D,10D,11D,12D,13D,14D,20D,21D2. The van der Waals surface area contributed by atoms with Gasteiger partial charge in [0.2, 0.25) is 5.91 Å². The van der Waals surface area contributed by atoms with E-state index in [2.05, 4.69) is 10.1 Å². The molecule has 8 nitrogen and oxygen atoms in total. The highest BCUT2D eigenvalue weighted by atomic mass is 16.5. The van der Waals surface area contributed by atoms with Crippen molar-refractivity contribution in [2.45, 2.75) is 6.42 Å². The van der Waals surface area contributed by atoms with E-state index in [0.29, 0.717) is 13.1 Å². The van der Waals surface area contributed by atoms with Gasteiger partial charge in [-0.1, -0.05) is 48.3 Å². The number of likely N-dealkylation sites (N-methyl/N-ethyl adjacent to an activating group) is 2. The van der Waals surface area contributed by atoms with Crippen LogP contribution < -0.4 is 10.2 Å². The topological polar surface area (TPSA) is 82.2 Å². The number of amides is 2. The Bertz CT molecular complexity index is 2230. The number of benzene rings is 3. The van der Waals surface area contributed by atoms with Crippen LogP contribution >= 0.6 is 0 Å². The molecule has 8 heteroatoms. The molecule has 206 valence electrons. The van der Waals surface area contributed by atoms with Gasteiger partial charge in [0.15, 0.2) is 0 Å². The minimum Gasteiger partial charge on any atom is -0.465 e. The summed E-state index contributed by atoms with van der Waals surface area (Å²) in [6.07, 6.45) is -0.991. The summed E-state index contributed by atoms with van der Waals surface area (Å²) in [6.45, 7) is -5.87. The van der Waals surface area contributed by atoms with Crippen LogP contribution in [0, 0.1) is 0 Å². The highest BCUT2D eigenvalue weighted by Gasteiger charge is 2.29. The van der Waals surface area contributed by atoms with Crippen LogP contribution in [0.3, 0.4) is 0 Å². The van der Waals surface area contributed by atoms with Gasteiger partial charge in [0.1, 0.15) is 0 Å². The molecule has 2 aliphatic rings. The van der Waals surface area contributed by atoms with Gasteiger partial charge in [-0.25, -0.2) is 4.79 Å². The molecule has 0 saturated carbocycles. The van der Waals surface area contributed by atoms with Crippen molar-refractivity contribution >= 4 is 40.3 Å². The maximum Gasteiger partial charge on any atom is 0.337 e. The molecular weight excluding hydrogens is 504 g/mol. The summed E-state index contributed by atoms with van der Waals surface area (Å²) >= 11 is 0. The van der Waals surface area contributed by atoms with Crippen molar-refractivity contribution in [2.75, 3.05) is 64.0 Å². The van der Waals surface area contributed by atoms with Crippen LogP contribution in [-0.4, -0.2) is 81.4 Å². The summed E-state index contributed by atoms with van der Waals surface area (Å²) in [5.74, 6) is -4.05. The van der Waals surface area contributed by atoms with Gasteiger partial charge in [-0.05, 0) is 54.3 Å². The lowest BCUT2D eigenvalue weighted by Gasteiger charge is -2.32. The number of esters is 1. The number of hydrogen-bond acceptors (Lipinski definition) is 6.